The predicted molar refractivity (Wildman–Crippen MR) is 78.8 cm³/mol. The van der Waals surface area contributed by atoms with Crippen LogP contribution in [0.5, 0.6) is 0 Å². The molecule has 0 fully saturated rings. The molecule has 1 unspecified atom stereocenters. The van der Waals surface area contributed by atoms with Gasteiger partial charge in [-0.1, -0.05) is 28.1 Å². The number of hydrogen-bond acceptors (Lipinski definition) is 2. The monoisotopic (exact) mass is 358 g/mol. The number of hydrogen-bond donors (Lipinski definition) is 1. The van der Waals surface area contributed by atoms with E-state index in [1.165, 1.54) is 6.07 Å². The lowest BCUT2D eigenvalue weighted by Crippen LogP contribution is -2.20. The van der Waals surface area contributed by atoms with E-state index in [4.69, 9.17) is 5.73 Å². The average Bonchev–Trinajstić information content (AvgIpc) is 2.40. The van der Waals surface area contributed by atoms with Crippen molar-refractivity contribution in [3.05, 3.63) is 63.4 Å². The van der Waals surface area contributed by atoms with Crippen molar-refractivity contribution in [2.24, 2.45) is 5.73 Å². The fourth-order valence-corrected chi connectivity index (χ4v) is 2.51. The van der Waals surface area contributed by atoms with E-state index in [9.17, 15) is 13.2 Å². The van der Waals surface area contributed by atoms with Gasteiger partial charge in [0.25, 0.3) is 0 Å². The van der Waals surface area contributed by atoms with Crippen LogP contribution in [0, 0.1) is 6.92 Å². The van der Waals surface area contributed by atoms with Gasteiger partial charge in [0.1, 0.15) is 0 Å². The average molecular weight is 359 g/mol. The number of aromatic nitrogens is 1. The van der Waals surface area contributed by atoms with Gasteiger partial charge in [0.15, 0.2) is 0 Å². The molecular weight excluding hydrogens is 345 g/mol. The number of pyridine rings is 1. The molecule has 0 aliphatic rings. The van der Waals surface area contributed by atoms with Crippen molar-refractivity contribution < 1.29 is 13.2 Å². The number of alkyl halides is 3. The van der Waals surface area contributed by atoms with Crippen LogP contribution in [0.4, 0.5) is 13.2 Å². The lowest BCUT2D eigenvalue weighted by Gasteiger charge is -2.19. The van der Waals surface area contributed by atoms with Gasteiger partial charge >= 0.3 is 6.18 Å². The summed E-state index contributed by atoms with van der Waals surface area (Å²) in [6, 6.07) is 6.92. The van der Waals surface area contributed by atoms with Crippen LogP contribution in [0.15, 0.2) is 41.0 Å². The second-order valence-electron chi connectivity index (χ2n) is 4.81. The number of aryl methyl sites for hydroxylation is 1. The molecule has 2 N–H and O–H groups in total. The van der Waals surface area contributed by atoms with E-state index in [-0.39, 0.29) is 12.0 Å². The topological polar surface area (TPSA) is 38.9 Å². The van der Waals surface area contributed by atoms with Crippen LogP contribution < -0.4 is 5.73 Å². The van der Waals surface area contributed by atoms with Crippen LogP contribution in [-0.4, -0.2) is 4.98 Å². The zero-order chi connectivity index (χ0) is 15.6. The fraction of sp³-hybridized carbons (Fsp3) is 0.267. The zero-order valence-electron chi connectivity index (χ0n) is 11.3. The van der Waals surface area contributed by atoms with Crippen LogP contribution >= 0.6 is 15.9 Å². The van der Waals surface area contributed by atoms with Gasteiger partial charge < -0.3 is 5.73 Å². The Kier molecular flexibility index (Phi) is 4.68. The van der Waals surface area contributed by atoms with Crippen LogP contribution in [0.3, 0.4) is 0 Å². The molecule has 2 rings (SSSR count). The molecule has 1 atom stereocenters. The summed E-state index contributed by atoms with van der Waals surface area (Å²) in [5, 5.41) is 0. The second kappa shape index (κ2) is 6.15. The highest BCUT2D eigenvalue weighted by atomic mass is 79.9. The third-order valence-electron chi connectivity index (χ3n) is 3.25. The summed E-state index contributed by atoms with van der Waals surface area (Å²) in [7, 11) is 0. The smallest absolute Gasteiger partial charge is 0.324 e. The second-order valence-corrected chi connectivity index (χ2v) is 5.72. The maximum Gasteiger partial charge on any atom is 0.416 e. The van der Waals surface area contributed by atoms with Crippen molar-refractivity contribution in [2.45, 2.75) is 25.6 Å². The first-order valence-corrected chi connectivity index (χ1v) is 7.11. The fourth-order valence-electron chi connectivity index (χ4n) is 2.15. The minimum Gasteiger partial charge on any atom is -0.324 e. The Labute approximate surface area is 129 Å². The van der Waals surface area contributed by atoms with Gasteiger partial charge in [0, 0.05) is 28.8 Å². The molecule has 0 aliphatic heterocycles. The summed E-state index contributed by atoms with van der Waals surface area (Å²) in [5.74, 6) is 0. The van der Waals surface area contributed by atoms with E-state index in [2.05, 4.69) is 20.9 Å². The van der Waals surface area contributed by atoms with Crippen molar-refractivity contribution in [2.75, 3.05) is 0 Å². The van der Waals surface area contributed by atoms with Gasteiger partial charge in [0.05, 0.1) is 5.56 Å². The van der Waals surface area contributed by atoms with Gasteiger partial charge in [-0.15, -0.1) is 0 Å². The van der Waals surface area contributed by atoms with Crippen molar-refractivity contribution >= 4 is 15.9 Å². The van der Waals surface area contributed by atoms with E-state index < -0.39 is 17.8 Å². The highest BCUT2D eigenvalue weighted by Gasteiger charge is 2.35. The summed E-state index contributed by atoms with van der Waals surface area (Å²) >= 11 is 3.06. The SMILES string of the molecule is Cc1cccnc1CC(N)c1ccc(Br)cc1C(F)(F)F. The summed E-state index contributed by atoms with van der Waals surface area (Å²) in [4.78, 5) is 4.18. The van der Waals surface area contributed by atoms with Crippen molar-refractivity contribution in [3.8, 4) is 0 Å². The third kappa shape index (κ3) is 3.83. The van der Waals surface area contributed by atoms with E-state index in [1.54, 1.807) is 18.3 Å². The highest BCUT2D eigenvalue weighted by molar-refractivity contribution is 9.10. The maximum absolute atomic E-state index is 13.1. The summed E-state index contributed by atoms with van der Waals surface area (Å²) in [6.07, 6.45) is -2.56. The standard InChI is InChI=1S/C15H14BrF3N2/c1-9-3-2-6-21-14(9)8-13(20)11-5-4-10(16)7-12(11)15(17,18)19/h2-7,13H,8,20H2,1H3. The first-order valence-electron chi connectivity index (χ1n) is 6.31. The first-order chi connectivity index (χ1) is 9.79. The van der Waals surface area contributed by atoms with Crippen molar-refractivity contribution in [3.63, 3.8) is 0 Å². The molecule has 2 nitrogen and oxygen atoms in total. The molecule has 0 saturated carbocycles. The van der Waals surface area contributed by atoms with Crippen LogP contribution in [0.1, 0.15) is 28.4 Å². The van der Waals surface area contributed by atoms with Crippen LogP contribution in [0.25, 0.3) is 0 Å². The molecule has 0 bridgehead atoms. The van der Waals surface area contributed by atoms with E-state index in [1.807, 2.05) is 13.0 Å². The number of nitrogens with zero attached hydrogens (tertiary/aromatic N) is 1. The summed E-state index contributed by atoms with van der Waals surface area (Å²) in [6.45, 7) is 1.86. The maximum atomic E-state index is 13.1. The molecule has 112 valence electrons. The Balaban J connectivity index is 2.36. The van der Waals surface area contributed by atoms with E-state index in [0.717, 1.165) is 11.6 Å². The predicted octanol–water partition coefficient (Wildman–Crippen LogP) is 4.41. The quantitative estimate of drug-likeness (QED) is 0.882. The van der Waals surface area contributed by atoms with Gasteiger partial charge in [-0.2, -0.15) is 13.2 Å². The highest BCUT2D eigenvalue weighted by Crippen LogP contribution is 2.36. The summed E-state index contributed by atoms with van der Waals surface area (Å²) in [5.41, 5.74) is 6.98. The Morgan fingerprint density at radius 2 is 2.00 bits per heavy atom. The molecule has 6 heteroatoms. The Hall–Kier alpha value is -1.40. The van der Waals surface area contributed by atoms with Crippen LogP contribution in [-0.2, 0) is 12.6 Å². The first kappa shape index (κ1) is 16.0. The molecule has 2 aromatic rings. The minimum absolute atomic E-state index is 0.0794. The largest absolute Gasteiger partial charge is 0.416 e. The molecule has 0 radical (unpaired) electrons. The van der Waals surface area contributed by atoms with Crippen LogP contribution in [0.2, 0.25) is 0 Å². The molecule has 0 aliphatic carbocycles. The molecule has 0 amide bonds. The zero-order valence-corrected chi connectivity index (χ0v) is 12.9. The Morgan fingerprint density at radius 3 is 2.62 bits per heavy atom. The summed E-state index contributed by atoms with van der Waals surface area (Å²) < 4.78 is 39.7. The number of benzene rings is 1. The van der Waals surface area contributed by atoms with Gasteiger partial charge in [-0.05, 0) is 36.2 Å². The molecule has 1 aromatic carbocycles. The van der Waals surface area contributed by atoms with E-state index >= 15 is 0 Å². The van der Waals surface area contributed by atoms with Gasteiger partial charge in [0.2, 0.25) is 0 Å². The molecule has 1 aromatic heterocycles. The third-order valence-corrected chi connectivity index (χ3v) is 3.74. The molecule has 21 heavy (non-hydrogen) atoms. The number of nitrogens with two attached hydrogens (primary N) is 1. The number of rotatable bonds is 3. The Bertz CT molecular complexity index is 641. The van der Waals surface area contributed by atoms with Crippen molar-refractivity contribution in [1.29, 1.82) is 0 Å². The van der Waals surface area contributed by atoms with Gasteiger partial charge in [-0.25, -0.2) is 0 Å². The molecule has 0 saturated heterocycles. The molecular formula is C15H14BrF3N2. The minimum atomic E-state index is -4.43. The lowest BCUT2D eigenvalue weighted by atomic mass is 9.96. The van der Waals surface area contributed by atoms with Crippen molar-refractivity contribution in [1.82, 2.24) is 4.98 Å². The van der Waals surface area contributed by atoms with E-state index in [0.29, 0.717) is 10.2 Å². The Morgan fingerprint density at radius 1 is 1.29 bits per heavy atom. The lowest BCUT2D eigenvalue weighted by molar-refractivity contribution is -0.138. The normalized spacial score (nSPS) is 13.2. The number of halogens is 4. The van der Waals surface area contributed by atoms with Gasteiger partial charge in [-0.3, -0.25) is 4.98 Å². The molecule has 0 spiro atoms. The molecule has 1 heterocycles.